The van der Waals surface area contributed by atoms with Gasteiger partial charge >= 0.3 is 0 Å². The molecular weight excluding hydrogens is 368 g/mol. The minimum absolute atomic E-state index is 0.0111. The van der Waals surface area contributed by atoms with Gasteiger partial charge in [0.2, 0.25) is 0 Å². The van der Waals surface area contributed by atoms with Gasteiger partial charge in [0.25, 0.3) is 10.0 Å². The topological polar surface area (TPSA) is 41.8 Å². The number of benzene rings is 3. The lowest BCUT2D eigenvalue weighted by atomic mass is 9.89. The second-order valence-electron chi connectivity index (χ2n) is 8.25. The van der Waals surface area contributed by atoms with Crippen LogP contribution in [0.3, 0.4) is 0 Å². The van der Waals surface area contributed by atoms with Crippen LogP contribution in [0.2, 0.25) is 0 Å². The molecule has 0 bridgehead atoms. The molecule has 144 valence electrons. The Morgan fingerprint density at radius 3 is 2.61 bits per heavy atom. The number of nitrogens with one attached hydrogen (secondary N) is 1. The van der Waals surface area contributed by atoms with Gasteiger partial charge in [0.15, 0.2) is 0 Å². The van der Waals surface area contributed by atoms with Gasteiger partial charge in [-0.2, -0.15) is 0 Å². The summed E-state index contributed by atoms with van der Waals surface area (Å²) in [5.74, 6) is 0.263. The first-order valence-corrected chi connectivity index (χ1v) is 11.3. The van der Waals surface area contributed by atoms with E-state index in [2.05, 4.69) is 20.0 Å². The number of nitrogens with zero attached hydrogens (tertiary/aromatic N) is 1. The number of rotatable bonds is 2. The van der Waals surface area contributed by atoms with E-state index in [0.717, 1.165) is 36.0 Å². The van der Waals surface area contributed by atoms with E-state index in [-0.39, 0.29) is 12.0 Å². The number of hydrogen-bond acceptors (Lipinski definition) is 2. The van der Waals surface area contributed by atoms with Gasteiger partial charge in [-0.25, -0.2) is 8.42 Å². The van der Waals surface area contributed by atoms with Crippen LogP contribution < -0.4 is 9.21 Å². The van der Waals surface area contributed by atoms with E-state index in [1.165, 1.54) is 16.0 Å². The van der Waals surface area contributed by atoms with Crippen molar-refractivity contribution in [2.24, 2.45) is 0 Å². The highest BCUT2D eigenvalue weighted by Crippen LogP contribution is 2.45. The lowest BCUT2D eigenvalue weighted by Gasteiger charge is -2.34. The lowest BCUT2D eigenvalue weighted by Crippen LogP contribution is -3.11. The average molecular weight is 394 g/mol. The third-order valence-corrected chi connectivity index (χ3v) is 8.13. The van der Waals surface area contributed by atoms with Crippen molar-refractivity contribution >= 4 is 26.5 Å². The summed E-state index contributed by atoms with van der Waals surface area (Å²) in [6, 6.07) is 19.6. The van der Waals surface area contributed by atoms with E-state index < -0.39 is 10.0 Å². The molecule has 5 rings (SSSR count). The Labute approximate surface area is 166 Å². The molecule has 1 fully saturated rings. The zero-order chi connectivity index (χ0) is 19.5. The summed E-state index contributed by atoms with van der Waals surface area (Å²) in [5.41, 5.74) is 3.24. The molecule has 0 radical (unpaired) electrons. The van der Waals surface area contributed by atoms with E-state index in [4.69, 9.17) is 0 Å². The lowest BCUT2D eigenvalue weighted by molar-refractivity contribution is -0.886. The molecule has 3 aromatic carbocycles. The van der Waals surface area contributed by atoms with Crippen molar-refractivity contribution in [2.75, 3.05) is 24.4 Å². The molecule has 2 aliphatic rings. The molecule has 0 amide bonds. The van der Waals surface area contributed by atoms with E-state index in [1.54, 1.807) is 10.4 Å². The summed E-state index contributed by atoms with van der Waals surface area (Å²) in [6.07, 6.45) is 0.886. The molecule has 1 unspecified atom stereocenters. The first kappa shape index (κ1) is 17.7. The fourth-order valence-electron chi connectivity index (χ4n) is 4.91. The molecule has 0 aliphatic carbocycles. The minimum atomic E-state index is -3.62. The maximum Gasteiger partial charge on any atom is 0.264 e. The van der Waals surface area contributed by atoms with Crippen LogP contribution in [-0.4, -0.2) is 34.6 Å². The van der Waals surface area contributed by atoms with Crippen LogP contribution in [0.4, 0.5) is 5.69 Å². The molecule has 1 N–H and O–H groups in total. The molecule has 2 aliphatic heterocycles. The van der Waals surface area contributed by atoms with Crippen LogP contribution in [0.25, 0.3) is 10.8 Å². The van der Waals surface area contributed by atoms with Gasteiger partial charge in [-0.1, -0.05) is 48.0 Å². The predicted molar refractivity (Wildman–Crippen MR) is 113 cm³/mol. The molecule has 5 heteroatoms. The SMILES string of the molecule is Cc1ccc2c(c1)[C@@H]1C[NH+](C)CC[C@H]1N2S(=O)(=O)c1ccc2ccccc2c1. The molecule has 0 spiro atoms. The summed E-state index contributed by atoms with van der Waals surface area (Å²) in [6.45, 7) is 4.05. The fourth-order valence-corrected chi connectivity index (χ4v) is 6.68. The molecule has 4 nitrogen and oxygen atoms in total. The number of aryl methyl sites for hydroxylation is 1. The smallest absolute Gasteiger partial charge is 0.264 e. The third kappa shape index (κ3) is 2.65. The Bertz CT molecular complexity index is 1170. The zero-order valence-corrected chi connectivity index (χ0v) is 17.0. The van der Waals surface area contributed by atoms with E-state index in [0.29, 0.717) is 4.90 Å². The van der Waals surface area contributed by atoms with Crippen molar-refractivity contribution in [1.82, 2.24) is 0 Å². The standard InChI is InChI=1S/C23H24N2O2S/c1-16-7-10-22-20(13-16)21-15-24(2)12-11-23(21)25(22)28(26,27)19-9-8-17-5-3-4-6-18(17)14-19/h3-10,13-14,21,23H,11-12,15H2,1-2H3/p+1/t21-,23+/m0/s1. The maximum absolute atomic E-state index is 13.8. The Hall–Kier alpha value is -2.37. The number of anilines is 1. The van der Waals surface area contributed by atoms with Gasteiger partial charge in [-0.3, -0.25) is 4.31 Å². The van der Waals surface area contributed by atoms with Crippen LogP contribution in [0, 0.1) is 6.92 Å². The summed E-state index contributed by atoms with van der Waals surface area (Å²) in [7, 11) is -1.42. The van der Waals surface area contributed by atoms with Crippen LogP contribution in [0.15, 0.2) is 65.6 Å². The second-order valence-corrected chi connectivity index (χ2v) is 10.1. The monoisotopic (exact) mass is 393 g/mol. The van der Waals surface area contributed by atoms with Crippen molar-refractivity contribution in [1.29, 1.82) is 0 Å². The second kappa shape index (κ2) is 6.33. The highest BCUT2D eigenvalue weighted by molar-refractivity contribution is 7.93. The van der Waals surface area contributed by atoms with Crippen molar-refractivity contribution in [3.8, 4) is 0 Å². The number of likely N-dealkylation sites (N-methyl/N-ethyl adjacent to an activating group) is 1. The van der Waals surface area contributed by atoms with Crippen LogP contribution in [0.1, 0.15) is 23.5 Å². The van der Waals surface area contributed by atoms with Crippen molar-refractivity contribution in [3.05, 3.63) is 71.8 Å². The Balaban J connectivity index is 1.66. The number of piperidine rings is 1. The number of likely N-dealkylation sites (tertiary alicyclic amines) is 1. The number of fused-ring (bicyclic) bond motifs is 4. The number of sulfonamides is 1. The van der Waals surface area contributed by atoms with Gasteiger partial charge in [-0.05, 0) is 41.5 Å². The third-order valence-electron chi connectivity index (χ3n) is 6.30. The molecule has 3 atom stereocenters. The van der Waals surface area contributed by atoms with Crippen molar-refractivity contribution in [3.63, 3.8) is 0 Å². The van der Waals surface area contributed by atoms with Crippen LogP contribution in [-0.2, 0) is 10.0 Å². The quantitative estimate of drug-likeness (QED) is 0.727. The molecular formula is C23H25N2O2S+. The normalized spacial score (nSPS) is 24.2. The number of hydrogen-bond donors (Lipinski definition) is 1. The van der Waals surface area contributed by atoms with Gasteiger partial charge in [-0.15, -0.1) is 0 Å². The highest BCUT2D eigenvalue weighted by Gasteiger charge is 2.48. The van der Waals surface area contributed by atoms with Crippen molar-refractivity contribution < 1.29 is 13.3 Å². The predicted octanol–water partition coefficient (Wildman–Crippen LogP) is 2.73. The van der Waals surface area contributed by atoms with Crippen molar-refractivity contribution in [2.45, 2.75) is 30.2 Å². The Morgan fingerprint density at radius 2 is 1.79 bits per heavy atom. The average Bonchev–Trinajstić information content (AvgIpc) is 3.01. The fraction of sp³-hybridized carbons (Fsp3) is 0.304. The van der Waals surface area contributed by atoms with Gasteiger partial charge in [0, 0.05) is 6.42 Å². The van der Waals surface area contributed by atoms with Crippen LogP contribution >= 0.6 is 0 Å². The molecule has 28 heavy (non-hydrogen) atoms. The van der Waals surface area contributed by atoms with Gasteiger partial charge in [0.05, 0.1) is 42.7 Å². The Morgan fingerprint density at radius 1 is 1.00 bits per heavy atom. The minimum Gasteiger partial charge on any atom is -0.337 e. The molecule has 0 saturated carbocycles. The first-order chi connectivity index (χ1) is 13.4. The zero-order valence-electron chi connectivity index (χ0n) is 16.2. The maximum atomic E-state index is 13.8. The summed E-state index contributed by atoms with van der Waals surface area (Å²) in [5, 5.41) is 2.01. The van der Waals surface area contributed by atoms with E-state index in [9.17, 15) is 8.42 Å². The first-order valence-electron chi connectivity index (χ1n) is 9.90. The van der Waals surface area contributed by atoms with Crippen LogP contribution in [0.5, 0.6) is 0 Å². The van der Waals surface area contributed by atoms with E-state index >= 15 is 0 Å². The molecule has 2 heterocycles. The molecule has 3 aromatic rings. The number of quaternary nitrogens is 1. The summed E-state index contributed by atoms with van der Waals surface area (Å²) in [4.78, 5) is 1.85. The largest absolute Gasteiger partial charge is 0.337 e. The molecule has 1 saturated heterocycles. The summed E-state index contributed by atoms with van der Waals surface area (Å²) < 4.78 is 29.3. The molecule has 0 aromatic heterocycles. The van der Waals surface area contributed by atoms with Gasteiger partial charge < -0.3 is 4.90 Å². The Kier molecular flexibility index (Phi) is 4.00. The van der Waals surface area contributed by atoms with E-state index in [1.807, 2.05) is 48.5 Å². The summed E-state index contributed by atoms with van der Waals surface area (Å²) >= 11 is 0. The highest BCUT2D eigenvalue weighted by atomic mass is 32.2. The van der Waals surface area contributed by atoms with Gasteiger partial charge in [0.1, 0.15) is 0 Å².